The molecule has 8 heteroatoms. The molecular weight excluding hydrogens is 426 g/mol. The molecule has 2 aromatic carbocycles. The second kappa shape index (κ2) is 11.3. The fourth-order valence-electron chi connectivity index (χ4n) is 3.79. The van der Waals surface area contributed by atoms with Gasteiger partial charge in [-0.3, -0.25) is 9.52 Å². The van der Waals surface area contributed by atoms with Crippen molar-refractivity contribution in [1.82, 2.24) is 10.2 Å². The zero-order valence-corrected chi connectivity index (χ0v) is 19.7. The van der Waals surface area contributed by atoms with E-state index in [-0.39, 0.29) is 10.8 Å². The molecule has 2 N–H and O–H groups in total. The number of piperidine rings is 1. The number of carbonyl (C=O) groups is 1. The Labute approximate surface area is 191 Å². The summed E-state index contributed by atoms with van der Waals surface area (Å²) >= 11 is 0. The van der Waals surface area contributed by atoms with Crippen molar-refractivity contribution in [2.24, 2.45) is 5.92 Å². The summed E-state index contributed by atoms with van der Waals surface area (Å²) in [5.41, 5.74) is 0.658. The number of methoxy groups -OCH3 is 1. The van der Waals surface area contributed by atoms with E-state index in [4.69, 9.17) is 4.74 Å². The predicted octanol–water partition coefficient (Wildman–Crippen LogP) is 3.74. The quantitative estimate of drug-likeness (QED) is 0.529. The van der Waals surface area contributed by atoms with Gasteiger partial charge in [-0.2, -0.15) is 0 Å². The smallest absolute Gasteiger partial charge is 0.262 e. The van der Waals surface area contributed by atoms with Gasteiger partial charge in [0, 0.05) is 12.1 Å². The Bertz CT molecular complexity index is 1000. The Morgan fingerprint density at radius 2 is 1.84 bits per heavy atom. The second-order valence-corrected chi connectivity index (χ2v) is 10.0. The summed E-state index contributed by atoms with van der Waals surface area (Å²) in [6.45, 7) is 6.27. The highest BCUT2D eigenvalue weighted by atomic mass is 32.2. The highest BCUT2D eigenvalue weighted by Crippen LogP contribution is 2.26. The van der Waals surface area contributed by atoms with E-state index in [2.05, 4.69) is 21.9 Å². The van der Waals surface area contributed by atoms with E-state index in [1.165, 1.54) is 32.1 Å². The Morgan fingerprint density at radius 3 is 2.59 bits per heavy atom. The van der Waals surface area contributed by atoms with Crippen molar-refractivity contribution in [1.29, 1.82) is 0 Å². The van der Waals surface area contributed by atoms with E-state index in [1.54, 1.807) is 36.4 Å². The van der Waals surface area contributed by atoms with Gasteiger partial charge < -0.3 is 15.0 Å². The first-order valence-corrected chi connectivity index (χ1v) is 12.6. The average Bonchev–Trinajstić information content (AvgIpc) is 2.80. The third kappa shape index (κ3) is 6.71. The molecule has 1 fully saturated rings. The van der Waals surface area contributed by atoms with Crippen LogP contribution >= 0.6 is 0 Å². The molecule has 1 aliphatic heterocycles. The molecule has 1 saturated heterocycles. The van der Waals surface area contributed by atoms with Gasteiger partial charge in [-0.1, -0.05) is 25.1 Å². The van der Waals surface area contributed by atoms with E-state index in [9.17, 15) is 13.2 Å². The molecule has 1 aliphatic rings. The van der Waals surface area contributed by atoms with Crippen LogP contribution in [-0.2, 0) is 10.0 Å². The lowest BCUT2D eigenvalue weighted by Crippen LogP contribution is -2.34. The molecule has 0 unspecified atom stereocenters. The van der Waals surface area contributed by atoms with E-state index in [0.717, 1.165) is 38.4 Å². The lowest BCUT2D eigenvalue weighted by atomic mass is 9.99. The zero-order chi connectivity index (χ0) is 23.0. The number of sulfonamides is 1. The Kier molecular flexibility index (Phi) is 8.53. The number of amides is 1. The maximum absolute atomic E-state index is 12.8. The van der Waals surface area contributed by atoms with Gasteiger partial charge in [-0.05, 0) is 81.6 Å². The molecule has 0 aliphatic carbocycles. The average molecular weight is 460 g/mol. The van der Waals surface area contributed by atoms with Crippen molar-refractivity contribution in [3.63, 3.8) is 0 Å². The summed E-state index contributed by atoms with van der Waals surface area (Å²) in [7, 11) is -2.39. The number of nitrogens with zero attached hydrogens (tertiary/aromatic N) is 1. The molecule has 174 valence electrons. The van der Waals surface area contributed by atoms with E-state index < -0.39 is 10.0 Å². The van der Waals surface area contributed by atoms with E-state index >= 15 is 0 Å². The molecule has 0 atom stereocenters. The maximum Gasteiger partial charge on any atom is 0.262 e. The van der Waals surface area contributed by atoms with Crippen LogP contribution in [-0.4, -0.2) is 52.5 Å². The normalized spacial score (nSPS) is 15.3. The molecule has 0 bridgehead atoms. The Hall–Kier alpha value is -2.58. The van der Waals surface area contributed by atoms with Crippen LogP contribution in [0.2, 0.25) is 0 Å². The monoisotopic (exact) mass is 459 g/mol. The number of ether oxygens (including phenoxy) is 1. The number of hydrogen-bond donors (Lipinski definition) is 2. The summed E-state index contributed by atoms with van der Waals surface area (Å²) in [5.74, 6) is 0.977. The summed E-state index contributed by atoms with van der Waals surface area (Å²) in [6, 6.07) is 12.8. The summed E-state index contributed by atoms with van der Waals surface area (Å²) in [6.07, 6.45) is 4.46. The van der Waals surface area contributed by atoms with Crippen LogP contribution in [0.4, 0.5) is 5.69 Å². The number of anilines is 1. The van der Waals surface area contributed by atoms with Crippen LogP contribution < -0.4 is 14.8 Å². The van der Waals surface area contributed by atoms with Crippen molar-refractivity contribution < 1.29 is 17.9 Å². The summed E-state index contributed by atoms with van der Waals surface area (Å²) < 4.78 is 33.3. The van der Waals surface area contributed by atoms with Gasteiger partial charge in [0.25, 0.3) is 15.9 Å². The van der Waals surface area contributed by atoms with Gasteiger partial charge in [0.15, 0.2) is 0 Å². The largest absolute Gasteiger partial charge is 0.495 e. The van der Waals surface area contributed by atoms with Gasteiger partial charge in [0.2, 0.25) is 0 Å². The minimum Gasteiger partial charge on any atom is -0.495 e. The first kappa shape index (κ1) is 24.1. The number of nitrogens with one attached hydrogen (secondary N) is 2. The van der Waals surface area contributed by atoms with Crippen molar-refractivity contribution in [3.05, 3.63) is 54.1 Å². The molecule has 2 aromatic rings. The van der Waals surface area contributed by atoms with Crippen molar-refractivity contribution >= 4 is 21.6 Å². The van der Waals surface area contributed by atoms with E-state index in [0.29, 0.717) is 23.5 Å². The Balaban J connectivity index is 1.51. The lowest BCUT2D eigenvalue weighted by molar-refractivity contribution is 0.0952. The van der Waals surface area contributed by atoms with Gasteiger partial charge >= 0.3 is 0 Å². The number of carbonyl (C=O) groups excluding carboxylic acids is 1. The van der Waals surface area contributed by atoms with Crippen molar-refractivity contribution in [3.8, 4) is 5.75 Å². The lowest BCUT2D eigenvalue weighted by Gasteiger charge is -2.30. The zero-order valence-electron chi connectivity index (χ0n) is 18.8. The van der Waals surface area contributed by atoms with Crippen LogP contribution in [0.15, 0.2) is 53.4 Å². The van der Waals surface area contributed by atoms with Crippen molar-refractivity contribution in [2.45, 2.75) is 37.5 Å². The first-order valence-electron chi connectivity index (χ1n) is 11.2. The van der Waals surface area contributed by atoms with Gasteiger partial charge in [-0.15, -0.1) is 0 Å². The summed E-state index contributed by atoms with van der Waals surface area (Å²) in [4.78, 5) is 15.0. The number of unbranched alkanes of at least 4 members (excludes halogenated alkanes) is 1. The summed E-state index contributed by atoms with van der Waals surface area (Å²) in [5, 5.41) is 2.90. The highest BCUT2D eigenvalue weighted by molar-refractivity contribution is 7.92. The predicted molar refractivity (Wildman–Crippen MR) is 127 cm³/mol. The van der Waals surface area contributed by atoms with E-state index in [1.807, 2.05) is 0 Å². The van der Waals surface area contributed by atoms with Crippen LogP contribution in [0.1, 0.15) is 43.0 Å². The topological polar surface area (TPSA) is 87.7 Å². The van der Waals surface area contributed by atoms with Gasteiger partial charge in [-0.25, -0.2) is 8.42 Å². The van der Waals surface area contributed by atoms with Gasteiger partial charge in [0.05, 0.1) is 17.7 Å². The van der Waals surface area contributed by atoms with Crippen LogP contribution in [0.5, 0.6) is 5.75 Å². The SMILES string of the molecule is COc1ccccc1NS(=O)(=O)c1cccc(C(=O)NCCCCN2CCC(C)CC2)c1. The third-order valence-electron chi connectivity index (χ3n) is 5.82. The second-order valence-electron chi connectivity index (χ2n) is 8.32. The molecule has 0 spiro atoms. The minimum atomic E-state index is -3.86. The Morgan fingerprint density at radius 1 is 1.09 bits per heavy atom. The molecular formula is C24H33N3O4S. The molecule has 0 radical (unpaired) electrons. The molecule has 1 amide bonds. The molecule has 3 rings (SSSR count). The molecule has 0 saturated carbocycles. The molecule has 0 aromatic heterocycles. The van der Waals surface area contributed by atoms with Crippen LogP contribution in [0.3, 0.4) is 0 Å². The molecule has 7 nitrogen and oxygen atoms in total. The third-order valence-corrected chi connectivity index (χ3v) is 7.18. The fourth-order valence-corrected chi connectivity index (χ4v) is 4.90. The maximum atomic E-state index is 12.8. The van der Waals surface area contributed by atoms with Crippen LogP contribution in [0.25, 0.3) is 0 Å². The first-order chi connectivity index (χ1) is 15.4. The molecule has 1 heterocycles. The molecule has 32 heavy (non-hydrogen) atoms. The highest BCUT2D eigenvalue weighted by Gasteiger charge is 2.18. The fraction of sp³-hybridized carbons (Fsp3) is 0.458. The van der Waals surface area contributed by atoms with Gasteiger partial charge in [0.1, 0.15) is 5.75 Å². The van der Waals surface area contributed by atoms with Crippen LogP contribution in [0, 0.1) is 5.92 Å². The number of rotatable bonds is 10. The number of likely N-dealkylation sites (tertiary alicyclic amines) is 1. The minimum absolute atomic E-state index is 0.0235. The number of hydrogen-bond acceptors (Lipinski definition) is 5. The number of para-hydroxylation sites is 2. The van der Waals surface area contributed by atoms with Crippen molar-refractivity contribution in [2.75, 3.05) is 38.0 Å². The number of benzene rings is 2. The standard InChI is InChI=1S/C24H33N3O4S/c1-19-12-16-27(17-13-19)15-6-5-14-25-24(28)20-8-7-9-21(18-20)32(29,30)26-22-10-3-4-11-23(22)31-2/h3-4,7-11,18-19,26H,5-6,12-17H2,1-2H3,(H,25,28).